The van der Waals surface area contributed by atoms with Crippen molar-refractivity contribution in [3.8, 4) is 0 Å². The van der Waals surface area contributed by atoms with Crippen LogP contribution in [0.4, 0.5) is 0 Å². The van der Waals surface area contributed by atoms with Gasteiger partial charge in [0, 0.05) is 13.3 Å². The Labute approximate surface area is 234 Å². The van der Waals surface area contributed by atoms with Gasteiger partial charge >= 0.3 is 11.9 Å². The molecule has 8 atom stereocenters. The molecule has 0 aromatic carbocycles. The van der Waals surface area contributed by atoms with Crippen LogP contribution in [0.2, 0.25) is 0 Å². The van der Waals surface area contributed by atoms with Gasteiger partial charge in [0.2, 0.25) is 6.79 Å². The van der Waals surface area contributed by atoms with Crippen molar-refractivity contribution in [2.24, 2.45) is 50.7 Å². The van der Waals surface area contributed by atoms with Crippen LogP contribution in [0.5, 0.6) is 0 Å². The van der Waals surface area contributed by atoms with E-state index in [1.807, 2.05) is 0 Å². The summed E-state index contributed by atoms with van der Waals surface area (Å²) in [5.41, 5.74) is 1.07. The largest absolute Gasteiger partial charge is 0.428 e. The molecular formula is C33H50O6. The van der Waals surface area contributed by atoms with E-state index in [1.165, 1.54) is 6.92 Å². The van der Waals surface area contributed by atoms with Gasteiger partial charge in [-0.15, -0.1) is 0 Å². The Balaban J connectivity index is 1.56. The van der Waals surface area contributed by atoms with Gasteiger partial charge in [0.25, 0.3) is 0 Å². The van der Waals surface area contributed by atoms with Crippen LogP contribution in [0.25, 0.3) is 0 Å². The molecule has 8 unspecified atom stereocenters. The molecule has 5 aliphatic rings. The summed E-state index contributed by atoms with van der Waals surface area (Å²) in [4.78, 5) is 38.7. The first kappa shape index (κ1) is 28.8. The molecule has 0 aliphatic heterocycles. The van der Waals surface area contributed by atoms with Crippen molar-refractivity contribution in [3.63, 3.8) is 0 Å². The maximum Gasteiger partial charge on any atom is 0.319 e. The Morgan fingerprint density at radius 2 is 1.59 bits per heavy atom. The summed E-state index contributed by atoms with van der Waals surface area (Å²) in [5, 5.41) is 11.0. The van der Waals surface area contributed by atoms with Crippen molar-refractivity contribution in [2.45, 2.75) is 119 Å². The first-order valence-corrected chi connectivity index (χ1v) is 15.3. The third-order valence-corrected chi connectivity index (χ3v) is 13.3. The highest BCUT2D eigenvalue weighted by atomic mass is 16.7. The van der Waals surface area contributed by atoms with Crippen LogP contribution in [0, 0.1) is 50.7 Å². The van der Waals surface area contributed by atoms with Crippen LogP contribution < -0.4 is 0 Å². The fourth-order valence-electron chi connectivity index (χ4n) is 11.2. The zero-order chi connectivity index (χ0) is 28.8. The lowest BCUT2D eigenvalue weighted by Crippen LogP contribution is -2.65. The third-order valence-electron chi connectivity index (χ3n) is 13.3. The van der Waals surface area contributed by atoms with Crippen LogP contribution in [0.3, 0.4) is 0 Å². The number of fused-ring (bicyclic) bond motifs is 7. The molecule has 0 spiro atoms. The number of Topliss-reactive ketones (excluding diaryl/α,β-unsaturated/α-hetero) is 1. The molecule has 0 aromatic rings. The van der Waals surface area contributed by atoms with Gasteiger partial charge in [-0.3, -0.25) is 14.4 Å². The van der Waals surface area contributed by atoms with Gasteiger partial charge in [0.15, 0.2) is 5.78 Å². The van der Waals surface area contributed by atoms with Gasteiger partial charge in [0.1, 0.15) is 0 Å². The molecule has 0 saturated heterocycles. The molecule has 0 amide bonds. The molecule has 218 valence electrons. The van der Waals surface area contributed by atoms with E-state index >= 15 is 0 Å². The van der Waals surface area contributed by atoms with Gasteiger partial charge in [0.05, 0.1) is 11.5 Å². The number of ketones is 1. The zero-order valence-electron chi connectivity index (χ0n) is 25.4. The first-order chi connectivity index (χ1) is 18.1. The van der Waals surface area contributed by atoms with Crippen molar-refractivity contribution < 1.29 is 29.0 Å². The van der Waals surface area contributed by atoms with E-state index in [1.54, 1.807) is 0 Å². The molecule has 4 fully saturated rings. The van der Waals surface area contributed by atoms with E-state index in [0.717, 1.165) is 56.1 Å². The average molecular weight is 543 g/mol. The summed E-state index contributed by atoms with van der Waals surface area (Å²) in [7, 11) is 0. The quantitative estimate of drug-likeness (QED) is 0.327. The number of hydrogen-bond acceptors (Lipinski definition) is 6. The number of allylic oxidation sites excluding steroid dienone is 1. The number of rotatable bonds is 4. The minimum absolute atomic E-state index is 0.0378. The van der Waals surface area contributed by atoms with Gasteiger partial charge < -0.3 is 14.6 Å². The van der Waals surface area contributed by atoms with Gasteiger partial charge in [-0.05, 0) is 108 Å². The Hall–Kier alpha value is -1.69. The Kier molecular flexibility index (Phi) is 6.77. The Morgan fingerprint density at radius 1 is 0.897 bits per heavy atom. The van der Waals surface area contributed by atoms with Crippen molar-refractivity contribution in [2.75, 3.05) is 6.79 Å². The molecule has 39 heavy (non-hydrogen) atoms. The monoisotopic (exact) mass is 542 g/mol. The van der Waals surface area contributed by atoms with E-state index in [9.17, 15) is 19.5 Å². The maximum absolute atomic E-state index is 13.8. The minimum atomic E-state index is -0.942. The lowest BCUT2D eigenvalue weighted by atomic mass is 9.33. The summed E-state index contributed by atoms with van der Waals surface area (Å²) in [5.74, 6) is 0.406. The summed E-state index contributed by atoms with van der Waals surface area (Å²) in [6.07, 6.45) is 7.61. The Bertz CT molecular complexity index is 1100. The fourth-order valence-corrected chi connectivity index (χ4v) is 11.2. The van der Waals surface area contributed by atoms with Crippen LogP contribution in [-0.2, 0) is 23.9 Å². The highest BCUT2D eigenvalue weighted by Gasteiger charge is 2.71. The smallest absolute Gasteiger partial charge is 0.319 e. The second-order valence-electron chi connectivity index (χ2n) is 15.3. The topological polar surface area (TPSA) is 89.9 Å². The van der Waals surface area contributed by atoms with Gasteiger partial charge in [-0.1, -0.05) is 48.5 Å². The van der Waals surface area contributed by atoms with Crippen LogP contribution >= 0.6 is 0 Å². The summed E-state index contributed by atoms with van der Waals surface area (Å²) >= 11 is 0. The minimum Gasteiger partial charge on any atom is -0.428 e. The lowest BCUT2D eigenvalue weighted by molar-refractivity contribution is -0.229. The second-order valence-corrected chi connectivity index (χ2v) is 15.3. The van der Waals surface area contributed by atoms with Crippen molar-refractivity contribution in [1.82, 2.24) is 0 Å². The van der Waals surface area contributed by atoms with Crippen LogP contribution in [0.15, 0.2) is 11.1 Å². The number of hydrogen-bond donors (Lipinski definition) is 1. The summed E-state index contributed by atoms with van der Waals surface area (Å²) < 4.78 is 10.5. The zero-order valence-corrected chi connectivity index (χ0v) is 25.4. The molecular weight excluding hydrogens is 492 g/mol. The van der Waals surface area contributed by atoms with Gasteiger partial charge in [-0.25, -0.2) is 0 Å². The number of aliphatic hydroxyl groups is 1. The average Bonchev–Trinajstić information content (AvgIpc) is 3.15. The molecule has 0 aromatic heterocycles. The first-order valence-electron chi connectivity index (χ1n) is 15.3. The molecule has 1 N–H and O–H groups in total. The normalized spacial score (nSPS) is 44.7. The van der Waals surface area contributed by atoms with Crippen LogP contribution in [0.1, 0.15) is 113 Å². The summed E-state index contributed by atoms with van der Waals surface area (Å²) in [6.45, 7) is 17.1. The number of carbonyl (C=O) groups excluding carboxylic acids is 3. The predicted molar refractivity (Wildman–Crippen MR) is 148 cm³/mol. The molecule has 6 heteroatoms. The Morgan fingerprint density at radius 3 is 2.23 bits per heavy atom. The second kappa shape index (κ2) is 9.16. The maximum atomic E-state index is 13.8. The van der Waals surface area contributed by atoms with Crippen molar-refractivity contribution in [1.29, 1.82) is 0 Å². The predicted octanol–water partition coefficient (Wildman–Crippen LogP) is 6.39. The molecule has 4 saturated carbocycles. The standard InChI is InChI=1S/C33H50O6/c1-19(2)26-22(35)17-33(28(37)39-18-38-20(3)34)16-15-31(7)21(27(26)33)9-10-24-30(6)13-12-25(36)29(4,5)23(30)11-14-32(24,31)8/h19,21,23-25,36H,9-18H2,1-8H3. The van der Waals surface area contributed by atoms with Crippen molar-refractivity contribution >= 4 is 17.7 Å². The number of aliphatic hydroxyl groups excluding tert-OH is 1. The number of esters is 2. The highest BCUT2D eigenvalue weighted by Crippen LogP contribution is 2.76. The molecule has 6 nitrogen and oxygen atoms in total. The van der Waals surface area contributed by atoms with E-state index in [-0.39, 0.29) is 51.8 Å². The van der Waals surface area contributed by atoms with Crippen molar-refractivity contribution in [3.05, 3.63) is 11.1 Å². The third kappa shape index (κ3) is 3.78. The lowest BCUT2D eigenvalue weighted by Gasteiger charge is -2.72. The highest BCUT2D eigenvalue weighted by molar-refractivity contribution is 6.06. The molecule has 5 rings (SSSR count). The number of ether oxygens (including phenoxy) is 2. The van der Waals surface area contributed by atoms with E-state index in [4.69, 9.17) is 9.47 Å². The molecule has 5 aliphatic carbocycles. The molecule has 0 radical (unpaired) electrons. The van der Waals surface area contributed by atoms with E-state index in [0.29, 0.717) is 18.3 Å². The molecule has 0 bridgehead atoms. The summed E-state index contributed by atoms with van der Waals surface area (Å²) in [6, 6.07) is 0. The van der Waals surface area contributed by atoms with E-state index in [2.05, 4.69) is 48.5 Å². The number of carbonyl (C=O) groups is 3. The van der Waals surface area contributed by atoms with Gasteiger partial charge in [-0.2, -0.15) is 0 Å². The SMILES string of the molecule is CC(=O)OCOC(=O)C12CCC3(C)C(CCC4C5(C)CCC(O)C(C)(C)C5CCC43C)C1=C(C(C)C)C(=O)C2. The van der Waals surface area contributed by atoms with Crippen LogP contribution in [-0.4, -0.2) is 35.7 Å². The van der Waals surface area contributed by atoms with E-state index < -0.39 is 24.1 Å². The molecule has 0 heterocycles. The fraction of sp³-hybridized carbons (Fsp3) is 0.848.